The average Bonchev–Trinajstić information content (AvgIpc) is 2.35. The summed E-state index contributed by atoms with van der Waals surface area (Å²) in [7, 11) is 2.13. The molecule has 1 nitrogen and oxygen atoms in total. The van der Waals surface area contributed by atoms with E-state index in [2.05, 4.69) is 53.0 Å². The van der Waals surface area contributed by atoms with E-state index in [1.165, 1.54) is 41.6 Å². The summed E-state index contributed by atoms with van der Waals surface area (Å²) in [5.74, 6) is 0. The number of alkyl halides is 1. The molecule has 15 heavy (non-hydrogen) atoms. The number of allylic oxidation sites excluding steroid dienone is 3. The van der Waals surface area contributed by atoms with Crippen LogP contribution in [-0.2, 0) is 24.7 Å². The number of nitrogens with zero attached hydrogens (tertiary/aromatic N) is 1. The molecule has 0 fully saturated rings. The molecule has 1 heterocycles. The first-order valence-electron chi connectivity index (χ1n) is 3.82. The van der Waals surface area contributed by atoms with Crippen LogP contribution in [-0.4, -0.2) is 14.1 Å². The smallest absolute Gasteiger partial charge is 1.00 e. The summed E-state index contributed by atoms with van der Waals surface area (Å²) in [6, 6.07) is 0. The van der Waals surface area contributed by atoms with Crippen LogP contribution < -0.4 is 37.2 Å². The van der Waals surface area contributed by atoms with Gasteiger partial charge in [-0.3, -0.25) is 0 Å². The van der Waals surface area contributed by atoms with Gasteiger partial charge in [0, 0.05) is 0 Å². The van der Waals surface area contributed by atoms with Crippen molar-refractivity contribution in [2.24, 2.45) is 0 Å². The van der Waals surface area contributed by atoms with Crippen molar-refractivity contribution in [3.05, 3.63) is 35.1 Å². The molecular formula is C9H9BrCl3NZr. The summed E-state index contributed by atoms with van der Waals surface area (Å²) in [6.45, 7) is 2.14. The van der Waals surface area contributed by atoms with E-state index in [4.69, 9.17) is 0 Å². The van der Waals surface area contributed by atoms with Gasteiger partial charge in [-0.2, -0.15) is 0 Å². The third-order valence-corrected chi connectivity index (χ3v) is 4.18. The van der Waals surface area contributed by atoms with Crippen molar-refractivity contribution in [2.45, 2.75) is 9.08 Å². The Balaban J connectivity index is 0. The number of hydrogen-bond acceptors (Lipinski definition) is 1. The molecule has 0 bridgehead atoms. The van der Waals surface area contributed by atoms with Crippen LogP contribution >= 0.6 is 15.9 Å². The molecule has 1 unspecified atom stereocenters. The van der Waals surface area contributed by atoms with E-state index in [1.807, 2.05) is 0 Å². The molecule has 0 spiro atoms. The molecule has 6 heteroatoms. The van der Waals surface area contributed by atoms with Crippen LogP contribution in [0.15, 0.2) is 35.1 Å². The fourth-order valence-corrected chi connectivity index (χ4v) is 2.66. The number of hydrogen-bond donors (Lipinski definition) is 0. The maximum Gasteiger partial charge on any atom is -1.00 e. The van der Waals surface area contributed by atoms with E-state index in [1.54, 1.807) is 0 Å². The fraction of sp³-hybridized carbons (Fsp3) is 0.333. The van der Waals surface area contributed by atoms with Gasteiger partial charge in [0.2, 0.25) is 0 Å². The van der Waals surface area contributed by atoms with Crippen molar-refractivity contribution in [2.75, 3.05) is 7.05 Å². The average molecular weight is 409 g/mol. The third-order valence-electron chi connectivity index (χ3n) is 2.24. The fourth-order valence-electron chi connectivity index (χ4n) is 1.54. The van der Waals surface area contributed by atoms with E-state index in [0.717, 1.165) is 0 Å². The van der Waals surface area contributed by atoms with Crippen LogP contribution in [0.5, 0.6) is 0 Å². The zero-order chi connectivity index (χ0) is 8.93. The minimum Gasteiger partial charge on any atom is -1.00 e. The van der Waals surface area contributed by atoms with Gasteiger partial charge in [0.05, 0.1) is 0 Å². The Kier molecular flexibility index (Phi) is 7.76. The minimum atomic E-state index is 0. The molecule has 0 saturated heterocycles. The molecular weight excluding hydrogens is 400 g/mol. The summed E-state index contributed by atoms with van der Waals surface area (Å²) >= 11 is 5.17. The zero-order valence-corrected chi connectivity index (χ0v) is 14.5. The maximum absolute atomic E-state index is 3.70. The number of halogens is 4. The van der Waals surface area contributed by atoms with Gasteiger partial charge in [-0.05, 0) is 0 Å². The second-order valence-electron chi connectivity index (χ2n) is 3.25. The molecule has 82 valence electrons. The van der Waals surface area contributed by atoms with Crippen LogP contribution in [0.4, 0.5) is 0 Å². The maximum atomic E-state index is 3.70. The van der Waals surface area contributed by atoms with E-state index in [9.17, 15) is 0 Å². The van der Waals surface area contributed by atoms with Gasteiger partial charge >= 0.3 is 96.7 Å². The molecule has 0 N–H and O–H groups in total. The summed E-state index contributed by atoms with van der Waals surface area (Å²) in [5, 5.41) is 0. The monoisotopic (exact) mass is 405 g/mol. The Hall–Kier alpha value is 1.25. The third kappa shape index (κ3) is 3.36. The van der Waals surface area contributed by atoms with Crippen LogP contribution in [0.1, 0.15) is 6.92 Å². The van der Waals surface area contributed by atoms with Crippen LogP contribution in [0.3, 0.4) is 0 Å². The predicted molar refractivity (Wildman–Crippen MR) is 49.3 cm³/mol. The Bertz CT molecular complexity index is 336. The summed E-state index contributed by atoms with van der Waals surface area (Å²) in [4.78, 5) is 2.29. The molecule has 2 aliphatic rings. The number of likely N-dealkylation sites (N-methyl/N-ethyl adjacent to an activating group) is 1. The Labute approximate surface area is 133 Å². The molecule has 1 aliphatic carbocycles. The van der Waals surface area contributed by atoms with Crippen LogP contribution in [0, 0.1) is 0 Å². The summed E-state index contributed by atoms with van der Waals surface area (Å²) < 4.78 is 0.0953. The molecule has 0 aromatic carbocycles. The first-order chi connectivity index (χ1) is 5.50. The number of fused-ring (bicyclic) bond motifs is 1. The van der Waals surface area contributed by atoms with E-state index < -0.39 is 0 Å². The van der Waals surface area contributed by atoms with E-state index >= 15 is 0 Å². The topological polar surface area (TPSA) is 3.24 Å². The zero-order valence-electron chi connectivity index (χ0n) is 8.19. The second-order valence-corrected chi connectivity index (χ2v) is 8.13. The van der Waals surface area contributed by atoms with E-state index in [0.29, 0.717) is 0 Å². The molecule has 1 atom stereocenters. The summed E-state index contributed by atoms with van der Waals surface area (Å²) in [6.07, 6.45) is 6.76. The molecule has 0 saturated carbocycles. The standard InChI is InChI=1S/C9H9BrN.3ClH.Zr/c1-6-3-7-5-9(10)11(2)8(7)4-6;;;;/h3-5H,1-2H3;3*1H;/q;;;;+3/p-3. The molecule has 0 aromatic rings. The van der Waals surface area contributed by atoms with Crippen molar-refractivity contribution in [1.82, 2.24) is 4.90 Å². The largest absolute Gasteiger partial charge is 1.00 e. The van der Waals surface area contributed by atoms with Gasteiger partial charge in [-0.25, -0.2) is 0 Å². The minimum absolute atomic E-state index is 0. The van der Waals surface area contributed by atoms with Gasteiger partial charge in [0.15, 0.2) is 0 Å². The van der Waals surface area contributed by atoms with Gasteiger partial charge in [-0.15, -0.1) is 0 Å². The quantitative estimate of drug-likeness (QED) is 0.285. The molecule has 0 amide bonds. The van der Waals surface area contributed by atoms with Crippen molar-refractivity contribution < 1.29 is 61.9 Å². The van der Waals surface area contributed by atoms with Gasteiger partial charge in [0.1, 0.15) is 0 Å². The van der Waals surface area contributed by atoms with Gasteiger partial charge in [-0.1, -0.05) is 0 Å². The second kappa shape index (κ2) is 6.26. The van der Waals surface area contributed by atoms with Gasteiger partial charge < -0.3 is 37.2 Å². The number of rotatable bonds is 0. The van der Waals surface area contributed by atoms with Crippen molar-refractivity contribution in [1.29, 1.82) is 0 Å². The van der Waals surface area contributed by atoms with Crippen LogP contribution in [0.25, 0.3) is 0 Å². The first-order valence-corrected chi connectivity index (χ1v) is 5.84. The van der Waals surface area contributed by atoms with Crippen LogP contribution in [0.2, 0.25) is 0 Å². The Morgan fingerprint density at radius 1 is 1.27 bits per heavy atom. The Morgan fingerprint density at radius 3 is 2.27 bits per heavy atom. The van der Waals surface area contributed by atoms with Crippen molar-refractivity contribution >= 4 is 15.9 Å². The van der Waals surface area contributed by atoms with Crippen molar-refractivity contribution in [3.63, 3.8) is 0 Å². The molecule has 0 radical (unpaired) electrons. The molecule has 0 aromatic heterocycles. The normalized spacial score (nSPS) is 26.5. The van der Waals surface area contributed by atoms with E-state index in [-0.39, 0.29) is 39.4 Å². The van der Waals surface area contributed by atoms with Gasteiger partial charge in [0.25, 0.3) is 0 Å². The first kappa shape index (κ1) is 18.6. The van der Waals surface area contributed by atoms with Crippen molar-refractivity contribution in [3.8, 4) is 0 Å². The summed E-state index contributed by atoms with van der Waals surface area (Å²) in [5.41, 5.74) is 4.06. The molecule has 2 rings (SSSR count). The molecule has 1 aliphatic heterocycles. The SMILES string of the molecule is CC1=CC2=C[C](Br)([Zr+3])N(C)C2=C1.[Cl-].[Cl-].[Cl-]. The Morgan fingerprint density at radius 2 is 1.80 bits per heavy atom. The predicted octanol–water partition coefficient (Wildman–Crippen LogP) is -6.69.